The number of methoxy groups -OCH3 is 1. The highest BCUT2D eigenvalue weighted by molar-refractivity contribution is 5.69. The van der Waals surface area contributed by atoms with Crippen molar-refractivity contribution < 1.29 is 14.3 Å². The number of hydrogen-bond donors (Lipinski definition) is 0. The van der Waals surface area contributed by atoms with Gasteiger partial charge in [-0.3, -0.25) is 9.69 Å². The smallest absolute Gasteiger partial charge is 0.305 e. The molecule has 4 nitrogen and oxygen atoms in total. The number of hydrogen-bond acceptors (Lipinski definition) is 4. The Kier molecular flexibility index (Phi) is 6.74. The van der Waals surface area contributed by atoms with Crippen LogP contribution in [-0.4, -0.2) is 31.1 Å². The number of nitrogens with zero attached hydrogens (tertiary/aromatic N) is 1. The van der Waals surface area contributed by atoms with Gasteiger partial charge >= 0.3 is 5.97 Å². The maximum atomic E-state index is 11.4. The first kappa shape index (κ1) is 20.4. The van der Waals surface area contributed by atoms with Crippen LogP contribution in [0.2, 0.25) is 0 Å². The second kappa shape index (κ2) is 9.24. The lowest BCUT2D eigenvalue weighted by Gasteiger charge is -2.21. The molecule has 4 heteroatoms. The SMILES string of the molecule is COC(=O)CCc1ccc(C)c(CN2CCOc3c(cccc3C(C)C)C2)c1. The predicted molar refractivity (Wildman–Crippen MR) is 112 cm³/mol. The first-order valence-electron chi connectivity index (χ1n) is 10.1. The summed E-state index contributed by atoms with van der Waals surface area (Å²) in [5, 5.41) is 0. The van der Waals surface area contributed by atoms with Crippen molar-refractivity contribution in [2.24, 2.45) is 0 Å². The fourth-order valence-electron chi connectivity index (χ4n) is 3.73. The Morgan fingerprint density at radius 3 is 2.82 bits per heavy atom. The molecule has 0 saturated heterocycles. The normalized spacial score (nSPS) is 14.3. The molecule has 150 valence electrons. The van der Waals surface area contributed by atoms with Crippen LogP contribution in [0, 0.1) is 6.92 Å². The Labute approximate surface area is 168 Å². The van der Waals surface area contributed by atoms with E-state index in [4.69, 9.17) is 9.47 Å². The van der Waals surface area contributed by atoms with Gasteiger partial charge in [-0.1, -0.05) is 50.2 Å². The van der Waals surface area contributed by atoms with Gasteiger partial charge in [0.05, 0.1) is 7.11 Å². The Morgan fingerprint density at radius 1 is 1.25 bits per heavy atom. The van der Waals surface area contributed by atoms with Gasteiger partial charge in [0.2, 0.25) is 0 Å². The van der Waals surface area contributed by atoms with E-state index in [1.807, 2.05) is 0 Å². The largest absolute Gasteiger partial charge is 0.492 e. The molecule has 2 aromatic rings. The number of esters is 1. The number of carbonyl (C=O) groups excluding carboxylic acids is 1. The van der Waals surface area contributed by atoms with Gasteiger partial charge in [-0.05, 0) is 41.5 Å². The molecule has 0 bridgehead atoms. The maximum Gasteiger partial charge on any atom is 0.305 e. The van der Waals surface area contributed by atoms with E-state index in [0.29, 0.717) is 25.4 Å². The molecule has 0 fully saturated rings. The van der Waals surface area contributed by atoms with Crippen molar-refractivity contribution in [1.29, 1.82) is 0 Å². The lowest BCUT2D eigenvalue weighted by Crippen LogP contribution is -2.25. The Bertz CT molecular complexity index is 829. The number of benzene rings is 2. The van der Waals surface area contributed by atoms with Crippen molar-refractivity contribution in [2.75, 3.05) is 20.3 Å². The van der Waals surface area contributed by atoms with E-state index in [-0.39, 0.29) is 5.97 Å². The fraction of sp³-hybridized carbons (Fsp3) is 0.458. The summed E-state index contributed by atoms with van der Waals surface area (Å²) in [7, 11) is 1.44. The Balaban J connectivity index is 1.75. The molecule has 0 amide bonds. The zero-order valence-electron chi connectivity index (χ0n) is 17.5. The summed E-state index contributed by atoms with van der Waals surface area (Å²) in [5.74, 6) is 1.36. The quantitative estimate of drug-likeness (QED) is 0.685. The van der Waals surface area contributed by atoms with E-state index >= 15 is 0 Å². The minimum absolute atomic E-state index is 0.163. The second-order valence-corrected chi connectivity index (χ2v) is 7.89. The minimum Gasteiger partial charge on any atom is -0.492 e. The van der Waals surface area contributed by atoms with Gasteiger partial charge in [0.15, 0.2) is 0 Å². The topological polar surface area (TPSA) is 38.8 Å². The molecule has 1 aliphatic rings. The maximum absolute atomic E-state index is 11.4. The summed E-state index contributed by atoms with van der Waals surface area (Å²) in [6.45, 7) is 9.96. The second-order valence-electron chi connectivity index (χ2n) is 7.89. The fourth-order valence-corrected chi connectivity index (χ4v) is 3.73. The highest BCUT2D eigenvalue weighted by Crippen LogP contribution is 2.33. The van der Waals surface area contributed by atoms with Gasteiger partial charge in [-0.2, -0.15) is 0 Å². The molecule has 1 heterocycles. The van der Waals surface area contributed by atoms with E-state index in [1.54, 1.807) is 0 Å². The highest BCUT2D eigenvalue weighted by Gasteiger charge is 2.20. The molecular formula is C24H31NO3. The molecule has 1 aliphatic heterocycles. The average molecular weight is 382 g/mol. The third-order valence-corrected chi connectivity index (χ3v) is 5.45. The van der Waals surface area contributed by atoms with Crippen LogP contribution in [0.25, 0.3) is 0 Å². The number of ether oxygens (including phenoxy) is 2. The van der Waals surface area contributed by atoms with Crippen LogP contribution in [0.4, 0.5) is 0 Å². The summed E-state index contributed by atoms with van der Waals surface area (Å²) < 4.78 is 10.9. The Hall–Kier alpha value is -2.33. The molecular weight excluding hydrogens is 350 g/mol. The molecule has 0 atom stereocenters. The van der Waals surface area contributed by atoms with Crippen LogP contribution in [0.15, 0.2) is 36.4 Å². The third-order valence-electron chi connectivity index (χ3n) is 5.45. The first-order chi connectivity index (χ1) is 13.5. The summed E-state index contributed by atoms with van der Waals surface area (Å²) in [4.78, 5) is 13.9. The van der Waals surface area contributed by atoms with Crippen molar-refractivity contribution in [3.05, 3.63) is 64.2 Å². The lowest BCUT2D eigenvalue weighted by molar-refractivity contribution is -0.140. The van der Waals surface area contributed by atoms with E-state index in [0.717, 1.165) is 25.4 Å². The molecule has 0 aliphatic carbocycles. The number of para-hydroxylation sites is 1. The van der Waals surface area contributed by atoms with Crippen molar-refractivity contribution in [2.45, 2.75) is 52.6 Å². The zero-order valence-corrected chi connectivity index (χ0v) is 17.5. The summed E-state index contributed by atoms with van der Waals surface area (Å²) in [6, 6.07) is 13.0. The van der Waals surface area contributed by atoms with Gasteiger partial charge in [0, 0.05) is 31.6 Å². The average Bonchev–Trinajstić information content (AvgIpc) is 2.89. The summed E-state index contributed by atoms with van der Waals surface area (Å²) in [6.07, 6.45) is 1.13. The minimum atomic E-state index is -0.163. The number of rotatable bonds is 6. The molecule has 0 aromatic heterocycles. The van der Waals surface area contributed by atoms with Gasteiger partial charge in [-0.25, -0.2) is 0 Å². The standard InChI is InChI=1S/C24H31NO3/c1-17(2)22-7-5-6-20-15-25(12-13-28-24(20)22)16-21-14-19(9-8-18(21)3)10-11-23(26)27-4/h5-9,14,17H,10-13,15-16H2,1-4H3. The van der Waals surface area contributed by atoms with Crippen LogP contribution in [0.5, 0.6) is 5.75 Å². The molecule has 0 radical (unpaired) electrons. The zero-order chi connectivity index (χ0) is 20.1. The number of fused-ring (bicyclic) bond motifs is 1. The molecule has 0 saturated carbocycles. The van der Waals surface area contributed by atoms with Crippen molar-refractivity contribution in [1.82, 2.24) is 4.90 Å². The van der Waals surface area contributed by atoms with E-state index in [1.165, 1.54) is 34.9 Å². The molecule has 0 spiro atoms. The van der Waals surface area contributed by atoms with E-state index in [9.17, 15) is 4.79 Å². The Morgan fingerprint density at radius 2 is 2.07 bits per heavy atom. The first-order valence-corrected chi connectivity index (χ1v) is 10.1. The number of carbonyl (C=O) groups is 1. The van der Waals surface area contributed by atoms with Gasteiger partial charge in [0.25, 0.3) is 0 Å². The van der Waals surface area contributed by atoms with Crippen LogP contribution in [-0.2, 0) is 29.0 Å². The third kappa shape index (κ3) is 4.93. The van der Waals surface area contributed by atoms with Gasteiger partial charge < -0.3 is 9.47 Å². The molecule has 3 rings (SSSR count). The van der Waals surface area contributed by atoms with Crippen LogP contribution in [0.3, 0.4) is 0 Å². The van der Waals surface area contributed by atoms with Crippen LogP contribution >= 0.6 is 0 Å². The van der Waals surface area contributed by atoms with E-state index in [2.05, 4.69) is 62.1 Å². The van der Waals surface area contributed by atoms with E-state index < -0.39 is 0 Å². The van der Waals surface area contributed by atoms with Gasteiger partial charge in [0.1, 0.15) is 12.4 Å². The van der Waals surface area contributed by atoms with Crippen LogP contribution < -0.4 is 4.74 Å². The lowest BCUT2D eigenvalue weighted by atomic mass is 9.98. The predicted octanol–water partition coefficient (Wildman–Crippen LogP) is 4.62. The summed E-state index contributed by atoms with van der Waals surface area (Å²) in [5.41, 5.74) is 6.33. The van der Waals surface area contributed by atoms with Crippen LogP contribution in [0.1, 0.15) is 54.0 Å². The van der Waals surface area contributed by atoms with Crippen molar-refractivity contribution >= 4 is 5.97 Å². The molecule has 0 N–H and O–H groups in total. The highest BCUT2D eigenvalue weighted by atomic mass is 16.5. The monoisotopic (exact) mass is 381 g/mol. The molecule has 0 unspecified atom stereocenters. The van der Waals surface area contributed by atoms with Crippen molar-refractivity contribution in [3.63, 3.8) is 0 Å². The molecule has 28 heavy (non-hydrogen) atoms. The summed E-state index contributed by atoms with van der Waals surface area (Å²) >= 11 is 0. The van der Waals surface area contributed by atoms with Gasteiger partial charge in [-0.15, -0.1) is 0 Å². The van der Waals surface area contributed by atoms with Crippen molar-refractivity contribution in [3.8, 4) is 5.75 Å². The molecule has 2 aromatic carbocycles. The number of aryl methyl sites for hydroxylation is 2.